The predicted octanol–water partition coefficient (Wildman–Crippen LogP) is 2.85. The Balaban J connectivity index is 1.92. The maximum Gasteiger partial charge on any atom is 0.433 e. The van der Waals surface area contributed by atoms with Crippen molar-refractivity contribution in [2.75, 3.05) is 7.11 Å². The first-order valence-electron chi connectivity index (χ1n) is 7.55. The van der Waals surface area contributed by atoms with Crippen molar-refractivity contribution in [1.29, 1.82) is 0 Å². The summed E-state index contributed by atoms with van der Waals surface area (Å²) in [5.74, 6) is -0.464. The SMILES string of the molecule is COC(=O)c1sc2ncn3nc(-c4cc(C(F)(F)F)n(C)n4)nc3c2c1C. The maximum absolute atomic E-state index is 13.0. The summed E-state index contributed by atoms with van der Waals surface area (Å²) in [5.41, 5.74) is 0.0797. The second kappa shape index (κ2) is 5.74. The van der Waals surface area contributed by atoms with E-state index in [4.69, 9.17) is 4.74 Å². The zero-order valence-corrected chi connectivity index (χ0v) is 15.0. The Morgan fingerprint density at radius 1 is 1.30 bits per heavy atom. The minimum absolute atomic E-state index is 0.0113. The van der Waals surface area contributed by atoms with E-state index in [1.165, 1.54) is 25.0 Å². The molecule has 140 valence electrons. The molecule has 0 aliphatic heterocycles. The van der Waals surface area contributed by atoms with Gasteiger partial charge in [0, 0.05) is 7.05 Å². The van der Waals surface area contributed by atoms with Crippen LogP contribution in [-0.4, -0.2) is 42.4 Å². The monoisotopic (exact) mass is 396 g/mol. The standard InChI is InChI=1S/C15H11F3N6O2S/c1-6-9-12-20-11(7-4-8(15(16,17)18)23(2)21-7)22-24(12)5-19-13(9)27-10(6)14(25)26-3/h4-5H,1-3H3. The third-order valence-electron chi connectivity index (χ3n) is 4.04. The third kappa shape index (κ3) is 2.63. The van der Waals surface area contributed by atoms with Gasteiger partial charge < -0.3 is 4.74 Å². The maximum atomic E-state index is 13.0. The van der Waals surface area contributed by atoms with Crippen molar-refractivity contribution in [3.8, 4) is 11.5 Å². The summed E-state index contributed by atoms with van der Waals surface area (Å²) in [6, 6.07) is 0.889. The Kier molecular flexibility index (Phi) is 3.70. The zero-order chi connectivity index (χ0) is 19.5. The lowest BCUT2D eigenvalue weighted by Gasteiger charge is -2.04. The van der Waals surface area contributed by atoms with Crippen molar-refractivity contribution in [3.05, 3.63) is 28.5 Å². The number of nitrogens with zero attached hydrogens (tertiary/aromatic N) is 6. The van der Waals surface area contributed by atoms with Crippen LogP contribution in [0.1, 0.15) is 20.9 Å². The molecule has 0 aliphatic carbocycles. The topological polar surface area (TPSA) is 87.2 Å². The average molecular weight is 396 g/mol. The number of aryl methyl sites for hydroxylation is 2. The van der Waals surface area contributed by atoms with Crippen LogP contribution >= 0.6 is 11.3 Å². The molecular weight excluding hydrogens is 385 g/mol. The molecule has 0 atom stereocenters. The van der Waals surface area contributed by atoms with Gasteiger partial charge in [0.25, 0.3) is 0 Å². The van der Waals surface area contributed by atoms with Gasteiger partial charge in [0.1, 0.15) is 27.4 Å². The van der Waals surface area contributed by atoms with Crippen LogP contribution in [0.25, 0.3) is 27.4 Å². The molecule has 0 bridgehead atoms. The number of hydrogen-bond donors (Lipinski definition) is 0. The molecule has 0 fully saturated rings. The number of hydrogen-bond acceptors (Lipinski definition) is 7. The second-order valence-corrected chi connectivity index (χ2v) is 6.71. The summed E-state index contributed by atoms with van der Waals surface area (Å²) in [5, 5.41) is 8.62. The summed E-state index contributed by atoms with van der Waals surface area (Å²) in [7, 11) is 2.48. The predicted molar refractivity (Wildman–Crippen MR) is 89.4 cm³/mol. The van der Waals surface area contributed by atoms with Gasteiger partial charge in [-0.15, -0.1) is 16.4 Å². The lowest BCUT2D eigenvalue weighted by molar-refractivity contribution is -0.143. The smallest absolute Gasteiger partial charge is 0.433 e. The highest BCUT2D eigenvalue weighted by molar-refractivity contribution is 7.20. The van der Waals surface area contributed by atoms with E-state index in [1.807, 2.05) is 0 Å². The molecule has 8 nitrogen and oxygen atoms in total. The fourth-order valence-electron chi connectivity index (χ4n) is 2.77. The molecule has 0 spiro atoms. The van der Waals surface area contributed by atoms with Gasteiger partial charge in [-0.05, 0) is 18.6 Å². The molecular formula is C15H11F3N6O2S. The number of aromatic nitrogens is 6. The lowest BCUT2D eigenvalue weighted by atomic mass is 10.2. The van der Waals surface area contributed by atoms with E-state index < -0.39 is 17.8 Å². The molecule has 0 unspecified atom stereocenters. The number of alkyl halides is 3. The first-order chi connectivity index (χ1) is 12.7. The van der Waals surface area contributed by atoms with E-state index in [9.17, 15) is 18.0 Å². The number of carbonyl (C=O) groups is 1. The highest BCUT2D eigenvalue weighted by atomic mass is 32.1. The highest BCUT2D eigenvalue weighted by Crippen LogP contribution is 2.34. The zero-order valence-electron chi connectivity index (χ0n) is 14.2. The summed E-state index contributed by atoms with van der Waals surface area (Å²) >= 11 is 1.15. The van der Waals surface area contributed by atoms with Gasteiger partial charge in [0.2, 0.25) is 5.82 Å². The molecule has 0 saturated heterocycles. The van der Waals surface area contributed by atoms with Crippen molar-refractivity contribution in [2.24, 2.45) is 7.05 Å². The number of fused-ring (bicyclic) bond motifs is 3. The van der Waals surface area contributed by atoms with Gasteiger partial charge in [-0.25, -0.2) is 19.3 Å². The van der Waals surface area contributed by atoms with Crippen LogP contribution in [0.2, 0.25) is 0 Å². The minimum Gasteiger partial charge on any atom is -0.465 e. The van der Waals surface area contributed by atoms with Crippen molar-refractivity contribution >= 4 is 33.2 Å². The molecule has 4 aromatic heterocycles. The highest BCUT2D eigenvalue weighted by Gasteiger charge is 2.35. The molecule has 0 amide bonds. The minimum atomic E-state index is -4.53. The molecule has 0 aromatic carbocycles. The van der Waals surface area contributed by atoms with Gasteiger partial charge in [0.15, 0.2) is 5.65 Å². The molecule has 0 aliphatic rings. The Morgan fingerprint density at radius 3 is 2.67 bits per heavy atom. The van der Waals surface area contributed by atoms with E-state index in [1.54, 1.807) is 6.92 Å². The van der Waals surface area contributed by atoms with Crippen molar-refractivity contribution in [2.45, 2.75) is 13.1 Å². The van der Waals surface area contributed by atoms with Crippen molar-refractivity contribution in [3.63, 3.8) is 0 Å². The van der Waals surface area contributed by atoms with Gasteiger partial charge in [-0.1, -0.05) is 0 Å². The number of halogens is 3. The Bertz CT molecular complexity index is 1210. The number of methoxy groups -OCH3 is 1. The summed E-state index contributed by atoms with van der Waals surface area (Å²) in [6.07, 6.45) is -3.15. The number of esters is 1. The van der Waals surface area contributed by atoms with Crippen LogP contribution in [-0.2, 0) is 18.0 Å². The van der Waals surface area contributed by atoms with E-state index >= 15 is 0 Å². The van der Waals surface area contributed by atoms with Crippen LogP contribution in [0.5, 0.6) is 0 Å². The van der Waals surface area contributed by atoms with Crippen molar-refractivity contribution < 1.29 is 22.7 Å². The second-order valence-electron chi connectivity index (χ2n) is 5.71. The van der Waals surface area contributed by atoms with Crippen LogP contribution in [0.4, 0.5) is 13.2 Å². The third-order valence-corrected chi connectivity index (χ3v) is 5.22. The average Bonchev–Trinajstić information content (AvgIpc) is 3.28. The van der Waals surface area contributed by atoms with Gasteiger partial charge in [-0.2, -0.15) is 18.3 Å². The summed E-state index contributed by atoms with van der Waals surface area (Å²) < 4.78 is 45.8. The van der Waals surface area contributed by atoms with Gasteiger partial charge >= 0.3 is 12.1 Å². The lowest BCUT2D eigenvalue weighted by Crippen LogP contribution is -2.11. The van der Waals surface area contributed by atoms with E-state index in [0.717, 1.165) is 22.1 Å². The van der Waals surface area contributed by atoms with Crippen molar-refractivity contribution in [1.82, 2.24) is 29.4 Å². The molecule has 4 heterocycles. The van der Waals surface area contributed by atoms with Crippen LogP contribution in [0.3, 0.4) is 0 Å². The Morgan fingerprint density at radius 2 is 2.04 bits per heavy atom. The normalized spacial score (nSPS) is 12.2. The van der Waals surface area contributed by atoms with E-state index in [-0.39, 0.29) is 11.5 Å². The number of thiophene rings is 1. The summed E-state index contributed by atoms with van der Waals surface area (Å²) in [4.78, 5) is 21.4. The van der Waals surface area contributed by atoms with E-state index in [2.05, 4.69) is 20.2 Å². The van der Waals surface area contributed by atoms with E-state index in [0.29, 0.717) is 26.3 Å². The number of carbonyl (C=O) groups excluding carboxylic acids is 1. The molecule has 0 N–H and O–H groups in total. The fraction of sp³-hybridized carbons (Fsp3) is 0.267. The molecule has 12 heteroatoms. The first-order valence-corrected chi connectivity index (χ1v) is 8.36. The molecule has 4 rings (SSSR count). The van der Waals surface area contributed by atoms with Gasteiger partial charge in [0.05, 0.1) is 12.5 Å². The summed E-state index contributed by atoms with van der Waals surface area (Å²) in [6.45, 7) is 1.73. The van der Waals surface area contributed by atoms with Crippen LogP contribution in [0.15, 0.2) is 12.4 Å². The Labute approximate surface area is 153 Å². The molecule has 0 radical (unpaired) electrons. The quantitative estimate of drug-likeness (QED) is 0.484. The number of rotatable bonds is 2. The van der Waals surface area contributed by atoms with Crippen LogP contribution in [0, 0.1) is 6.92 Å². The first kappa shape index (κ1) is 17.4. The molecule has 27 heavy (non-hydrogen) atoms. The molecule has 4 aromatic rings. The largest absolute Gasteiger partial charge is 0.465 e. The molecule has 0 saturated carbocycles. The van der Waals surface area contributed by atoms with Gasteiger partial charge in [-0.3, -0.25) is 4.68 Å². The number of ether oxygens (including phenoxy) is 1. The Hall–Kier alpha value is -3.02. The van der Waals surface area contributed by atoms with Crippen LogP contribution < -0.4 is 0 Å². The fourth-order valence-corrected chi connectivity index (χ4v) is 3.83.